The fourth-order valence-corrected chi connectivity index (χ4v) is 2.13. The van der Waals surface area contributed by atoms with Crippen LogP contribution in [0.3, 0.4) is 0 Å². The van der Waals surface area contributed by atoms with Crippen molar-refractivity contribution in [2.75, 3.05) is 19.0 Å². The zero-order valence-corrected chi connectivity index (χ0v) is 12.7. The molecule has 7 nitrogen and oxygen atoms in total. The predicted octanol–water partition coefficient (Wildman–Crippen LogP) is 2.42. The normalized spacial score (nSPS) is 15.6. The number of aromatic nitrogens is 1. The molecule has 0 radical (unpaired) electrons. The summed E-state index contributed by atoms with van der Waals surface area (Å²) in [5.41, 5.74) is 0.0732. The van der Waals surface area contributed by atoms with E-state index in [0.717, 1.165) is 12.8 Å². The quantitative estimate of drug-likeness (QED) is 0.382. The Kier molecular flexibility index (Phi) is 3.94. The van der Waals surface area contributed by atoms with E-state index < -0.39 is 10.9 Å². The molecule has 1 N–H and O–H groups in total. The summed E-state index contributed by atoms with van der Waals surface area (Å²) in [6.45, 7) is 2.19. The maximum absolute atomic E-state index is 11.7. The van der Waals surface area contributed by atoms with E-state index in [4.69, 9.17) is 0 Å². The van der Waals surface area contributed by atoms with Crippen molar-refractivity contribution in [2.24, 2.45) is 0 Å². The Labute approximate surface area is 124 Å². The summed E-state index contributed by atoms with van der Waals surface area (Å²) in [5.74, 6) is -0.647. The Balaban J connectivity index is 2.40. The first kappa shape index (κ1) is 14.7. The number of nitro groups is 1. The molecule has 0 unspecified atom stereocenters. The van der Waals surface area contributed by atoms with Gasteiger partial charge in [0, 0.05) is 16.6 Å². The van der Waals surface area contributed by atoms with E-state index in [2.05, 4.69) is 31.0 Å². The highest BCUT2D eigenvalue weighted by Crippen LogP contribution is 2.44. The average molecular weight is 344 g/mol. The van der Waals surface area contributed by atoms with Gasteiger partial charge in [0.2, 0.25) is 5.82 Å². The lowest BCUT2D eigenvalue weighted by atomic mass is 10.2. The molecule has 1 heterocycles. The van der Waals surface area contributed by atoms with Gasteiger partial charge in [0.1, 0.15) is 5.56 Å². The van der Waals surface area contributed by atoms with Crippen molar-refractivity contribution in [3.05, 3.63) is 27.4 Å². The summed E-state index contributed by atoms with van der Waals surface area (Å²) in [5, 5.41) is 14.2. The zero-order chi connectivity index (χ0) is 14.9. The lowest BCUT2D eigenvalue weighted by molar-refractivity contribution is -0.384. The lowest BCUT2D eigenvalue weighted by Gasteiger charge is -2.12. The highest BCUT2D eigenvalue weighted by Gasteiger charge is 2.40. The summed E-state index contributed by atoms with van der Waals surface area (Å²) in [7, 11) is 1.19. The molecule has 0 bridgehead atoms. The third kappa shape index (κ3) is 3.06. The number of rotatable bonds is 5. The fraction of sp³-hybridized carbons (Fsp3) is 0.500. The van der Waals surface area contributed by atoms with Crippen molar-refractivity contribution in [1.29, 1.82) is 0 Å². The minimum absolute atomic E-state index is 0.0161. The highest BCUT2D eigenvalue weighted by atomic mass is 79.9. The Hall–Kier alpha value is -1.70. The van der Waals surface area contributed by atoms with Crippen LogP contribution in [0.15, 0.2) is 6.07 Å². The van der Waals surface area contributed by atoms with Crippen molar-refractivity contribution in [3.8, 4) is 0 Å². The van der Waals surface area contributed by atoms with Crippen LogP contribution in [-0.2, 0) is 4.74 Å². The summed E-state index contributed by atoms with van der Waals surface area (Å²) < 4.78 is 4.57. The Morgan fingerprint density at radius 2 is 2.30 bits per heavy atom. The van der Waals surface area contributed by atoms with Crippen LogP contribution in [0.5, 0.6) is 0 Å². The minimum atomic E-state index is -0.745. The number of ether oxygens (including phenoxy) is 1. The molecule has 0 aromatic carbocycles. The van der Waals surface area contributed by atoms with Gasteiger partial charge in [-0.15, -0.1) is 0 Å². The van der Waals surface area contributed by atoms with Crippen molar-refractivity contribution >= 4 is 33.4 Å². The van der Waals surface area contributed by atoms with Gasteiger partial charge in [-0.3, -0.25) is 10.1 Å². The molecule has 108 valence electrons. The summed E-state index contributed by atoms with van der Waals surface area (Å²) in [4.78, 5) is 26.4. The fourth-order valence-electron chi connectivity index (χ4n) is 1.79. The molecule has 1 aromatic heterocycles. The van der Waals surface area contributed by atoms with Crippen molar-refractivity contribution in [3.63, 3.8) is 0 Å². The molecule has 0 aliphatic heterocycles. The van der Waals surface area contributed by atoms with Crippen LogP contribution >= 0.6 is 15.9 Å². The van der Waals surface area contributed by atoms with E-state index in [1.807, 2.05) is 0 Å². The maximum atomic E-state index is 11.7. The van der Waals surface area contributed by atoms with Gasteiger partial charge in [-0.25, -0.2) is 9.78 Å². The van der Waals surface area contributed by atoms with Gasteiger partial charge >= 0.3 is 11.7 Å². The number of alkyl halides is 1. The van der Waals surface area contributed by atoms with Gasteiger partial charge in [-0.2, -0.15) is 0 Å². The van der Waals surface area contributed by atoms with Gasteiger partial charge < -0.3 is 10.1 Å². The number of halogens is 1. The number of esters is 1. The summed E-state index contributed by atoms with van der Waals surface area (Å²) in [6.07, 6.45) is 2.01. The van der Waals surface area contributed by atoms with Crippen LogP contribution in [0.2, 0.25) is 0 Å². The molecule has 8 heteroatoms. The van der Waals surface area contributed by atoms with E-state index >= 15 is 0 Å². The first-order valence-electron chi connectivity index (χ1n) is 6.03. The second-order valence-corrected chi connectivity index (χ2v) is 6.44. The highest BCUT2D eigenvalue weighted by molar-refractivity contribution is 9.10. The lowest BCUT2D eigenvalue weighted by Crippen LogP contribution is -2.18. The number of carbonyl (C=O) groups excluding carboxylic acids is 1. The number of aryl methyl sites for hydroxylation is 1. The van der Waals surface area contributed by atoms with Crippen molar-refractivity contribution < 1.29 is 14.5 Å². The molecule has 1 aliphatic carbocycles. The number of nitrogens with zero attached hydrogens (tertiary/aromatic N) is 2. The van der Waals surface area contributed by atoms with E-state index in [1.165, 1.54) is 13.2 Å². The third-order valence-corrected chi connectivity index (χ3v) is 4.15. The summed E-state index contributed by atoms with van der Waals surface area (Å²) in [6, 6.07) is 1.36. The zero-order valence-electron chi connectivity index (χ0n) is 11.1. The third-order valence-electron chi connectivity index (χ3n) is 3.07. The standard InChI is InChI=1S/C12H14BrN3O4/c1-7-5-8(11(17)20-2)9(16(18)19)10(15-7)14-6-12(13)3-4-12/h5H,3-4,6H2,1-2H3,(H,14,15). The Morgan fingerprint density at radius 3 is 2.80 bits per heavy atom. The largest absolute Gasteiger partial charge is 0.465 e. The van der Waals surface area contributed by atoms with E-state index in [1.54, 1.807) is 6.92 Å². The number of methoxy groups -OCH3 is 1. The van der Waals surface area contributed by atoms with Crippen LogP contribution in [0, 0.1) is 17.0 Å². The Bertz CT molecular complexity index is 572. The van der Waals surface area contributed by atoms with Gasteiger partial charge in [-0.1, -0.05) is 15.9 Å². The second kappa shape index (κ2) is 5.35. The van der Waals surface area contributed by atoms with Crippen molar-refractivity contribution in [1.82, 2.24) is 4.98 Å². The van der Waals surface area contributed by atoms with Crippen LogP contribution in [0.1, 0.15) is 28.9 Å². The van der Waals surface area contributed by atoms with Crippen LogP contribution in [0.25, 0.3) is 0 Å². The molecule has 1 saturated carbocycles. The number of anilines is 1. The second-order valence-electron chi connectivity index (χ2n) is 4.76. The Morgan fingerprint density at radius 1 is 1.65 bits per heavy atom. The van der Waals surface area contributed by atoms with Crippen LogP contribution in [-0.4, -0.2) is 33.9 Å². The number of nitrogens with one attached hydrogen (secondary N) is 1. The molecule has 0 saturated heterocycles. The molecular formula is C12H14BrN3O4. The first-order valence-corrected chi connectivity index (χ1v) is 6.83. The number of hydrogen-bond donors (Lipinski definition) is 1. The molecule has 1 aromatic rings. The molecular weight excluding hydrogens is 330 g/mol. The predicted molar refractivity (Wildman–Crippen MR) is 76.3 cm³/mol. The summed E-state index contributed by atoms with van der Waals surface area (Å²) >= 11 is 3.54. The number of pyridine rings is 1. The van der Waals surface area contributed by atoms with E-state index in [0.29, 0.717) is 12.2 Å². The number of carbonyl (C=O) groups is 1. The van der Waals surface area contributed by atoms with Gasteiger partial charge in [-0.05, 0) is 25.8 Å². The monoisotopic (exact) mass is 343 g/mol. The van der Waals surface area contributed by atoms with Gasteiger partial charge in [0.15, 0.2) is 0 Å². The molecule has 20 heavy (non-hydrogen) atoms. The molecule has 0 spiro atoms. The molecule has 2 rings (SSSR count). The van der Waals surface area contributed by atoms with Crippen LogP contribution in [0.4, 0.5) is 11.5 Å². The van der Waals surface area contributed by atoms with E-state index in [9.17, 15) is 14.9 Å². The molecule has 0 amide bonds. The SMILES string of the molecule is COC(=O)c1cc(C)nc(NCC2(Br)CC2)c1[N+](=O)[O-]. The van der Waals surface area contributed by atoms with Crippen LogP contribution < -0.4 is 5.32 Å². The number of hydrogen-bond acceptors (Lipinski definition) is 6. The van der Waals surface area contributed by atoms with Crippen molar-refractivity contribution in [2.45, 2.75) is 24.1 Å². The molecule has 1 fully saturated rings. The van der Waals surface area contributed by atoms with Gasteiger partial charge in [0.25, 0.3) is 0 Å². The smallest absolute Gasteiger partial charge is 0.345 e. The molecule has 1 aliphatic rings. The average Bonchev–Trinajstić information content (AvgIpc) is 3.12. The molecule has 0 atom stereocenters. The topological polar surface area (TPSA) is 94.4 Å². The maximum Gasteiger partial charge on any atom is 0.345 e. The minimum Gasteiger partial charge on any atom is -0.465 e. The van der Waals surface area contributed by atoms with E-state index in [-0.39, 0.29) is 21.4 Å². The van der Waals surface area contributed by atoms with Gasteiger partial charge in [0.05, 0.1) is 12.0 Å². The first-order chi connectivity index (χ1) is 9.36.